The lowest BCUT2D eigenvalue weighted by molar-refractivity contribution is 0.102. The molecule has 3 nitrogen and oxygen atoms in total. The third-order valence-electron chi connectivity index (χ3n) is 3.14. The first kappa shape index (κ1) is 14.2. The molecule has 0 aliphatic carbocycles. The normalized spacial score (nSPS) is 12.4. The molecule has 0 N–H and O–H groups in total. The molecule has 2 aromatic rings. The van der Waals surface area contributed by atoms with E-state index in [1.165, 1.54) is 16.2 Å². The number of rotatable bonds is 5. The summed E-state index contributed by atoms with van der Waals surface area (Å²) in [6, 6.07) is 4.60. The van der Waals surface area contributed by atoms with Crippen molar-refractivity contribution in [2.75, 3.05) is 11.9 Å². The number of carbonyl (C=O) groups excluding carboxylic acids is 1. The second-order valence-electron chi connectivity index (χ2n) is 4.71. The van der Waals surface area contributed by atoms with Crippen LogP contribution in [0.2, 0.25) is 0 Å². The van der Waals surface area contributed by atoms with Crippen LogP contribution in [0.1, 0.15) is 34.1 Å². The zero-order valence-corrected chi connectivity index (χ0v) is 13.3. The van der Waals surface area contributed by atoms with Gasteiger partial charge >= 0.3 is 0 Å². The van der Waals surface area contributed by atoms with E-state index in [2.05, 4.69) is 34.3 Å². The van der Waals surface area contributed by atoms with Gasteiger partial charge in [0.25, 0.3) is 0 Å². The molecule has 2 rings (SSSR count). The van der Waals surface area contributed by atoms with Crippen molar-refractivity contribution in [2.24, 2.45) is 0 Å². The first-order valence-electron chi connectivity index (χ1n) is 6.22. The van der Waals surface area contributed by atoms with Crippen LogP contribution in [-0.2, 0) is 6.42 Å². The maximum absolute atomic E-state index is 11.5. The van der Waals surface area contributed by atoms with Crippen LogP contribution in [-0.4, -0.2) is 23.9 Å². The predicted octanol–water partition coefficient (Wildman–Crippen LogP) is 3.78. The highest BCUT2D eigenvalue weighted by Crippen LogP contribution is 2.27. The third-order valence-corrected chi connectivity index (χ3v) is 5.39. The van der Waals surface area contributed by atoms with Crippen molar-refractivity contribution in [2.45, 2.75) is 33.2 Å². The highest BCUT2D eigenvalue weighted by atomic mass is 32.1. The van der Waals surface area contributed by atoms with E-state index in [0.717, 1.165) is 22.1 Å². The SMILES string of the molecule is CC(=O)c1sc(N(C)C(C)Cc2cccs2)nc1C. The summed E-state index contributed by atoms with van der Waals surface area (Å²) in [6.45, 7) is 5.68. The number of hydrogen-bond acceptors (Lipinski definition) is 5. The number of aromatic nitrogens is 1. The quantitative estimate of drug-likeness (QED) is 0.787. The Bertz CT molecular complexity index is 560. The van der Waals surface area contributed by atoms with Gasteiger partial charge in [0.1, 0.15) is 0 Å². The standard InChI is InChI=1S/C14H18N2OS2/c1-9(8-12-6-5-7-18-12)16(4)14-15-10(2)13(19-14)11(3)17/h5-7,9H,8H2,1-4H3. The summed E-state index contributed by atoms with van der Waals surface area (Å²) in [4.78, 5) is 20.3. The Kier molecular flexibility index (Phi) is 4.37. The number of thiophene rings is 1. The second-order valence-corrected chi connectivity index (χ2v) is 6.72. The molecular formula is C14H18N2OS2. The van der Waals surface area contributed by atoms with E-state index in [4.69, 9.17) is 0 Å². The maximum atomic E-state index is 11.5. The number of hydrogen-bond donors (Lipinski definition) is 0. The fourth-order valence-corrected chi connectivity index (χ4v) is 3.76. The molecule has 2 aromatic heterocycles. The number of anilines is 1. The highest BCUT2D eigenvalue weighted by Gasteiger charge is 2.18. The van der Waals surface area contributed by atoms with Gasteiger partial charge in [-0.25, -0.2) is 4.98 Å². The lowest BCUT2D eigenvalue weighted by atomic mass is 10.2. The molecule has 0 aliphatic rings. The van der Waals surface area contributed by atoms with E-state index in [1.807, 2.05) is 14.0 Å². The summed E-state index contributed by atoms with van der Waals surface area (Å²) in [5, 5.41) is 3.02. The van der Waals surface area contributed by atoms with Crippen LogP contribution in [0.15, 0.2) is 17.5 Å². The second kappa shape index (κ2) is 5.84. The number of Topliss-reactive ketones (excluding diaryl/α,β-unsaturated/α-hetero) is 1. The van der Waals surface area contributed by atoms with Crippen LogP contribution < -0.4 is 4.90 Å². The molecular weight excluding hydrogens is 276 g/mol. The van der Waals surface area contributed by atoms with Crippen molar-refractivity contribution in [3.63, 3.8) is 0 Å². The minimum atomic E-state index is 0.0977. The van der Waals surface area contributed by atoms with Crippen molar-refractivity contribution in [3.05, 3.63) is 33.0 Å². The van der Waals surface area contributed by atoms with Crippen molar-refractivity contribution >= 4 is 33.6 Å². The lowest BCUT2D eigenvalue weighted by Crippen LogP contribution is -2.30. The van der Waals surface area contributed by atoms with E-state index < -0.39 is 0 Å². The van der Waals surface area contributed by atoms with Gasteiger partial charge < -0.3 is 4.90 Å². The van der Waals surface area contributed by atoms with Gasteiger partial charge in [0.05, 0.1) is 10.6 Å². The van der Waals surface area contributed by atoms with E-state index in [0.29, 0.717) is 6.04 Å². The predicted molar refractivity (Wildman–Crippen MR) is 82.7 cm³/mol. The molecule has 0 bridgehead atoms. The minimum Gasteiger partial charge on any atom is -0.348 e. The summed E-state index contributed by atoms with van der Waals surface area (Å²) in [6.07, 6.45) is 1.00. The highest BCUT2D eigenvalue weighted by molar-refractivity contribution is 7.17. The molecule has 0 amide bonds. The van der Waals surface area contributed by atoms with Gasteiger partial charge in [0, 0.05) is 31.3 Å². The maximum Gasteiger partial charge on any atom is 0.186 e. The topological polar surface area (TPSA) is 33.2 Å². The monoisotopic (exact) mass is 294 g/mol. The van der Waals surface area contributed by atoms with Crippen molar-refractivity contribution in [3.8, 4) is 0 Å². The Morgan fingerprint density at radius 1 is 1.53 bits per heavy atom. The van der Waals surface area contributed by atoms with Gasteiger partial charge in [-0.05, 0) is 25.3 Å². The molecule has 5 heteroatoms. The van der Waals surface area contributed by atoms with Crippen molar-refractivity contribution < 1.29 is 4.79 Å². The fourth-order valence-electron chi connectivity index (χ4n) is 1.91. The Morgan fingerprint density at radius 2 is 2.26 bits per heavy atom. The van der Waals surface area contributed by atoms with Gasteiger partial charge in [-0.2, -0.15) is 0 Å². The largest absolute Gasteiger partial charge is 0.348 e. The first-order chi connectivity index (χ1) is 8.99. The Hall–Kier alpha value is -1.20. The third kappa shape index (κ3) is 3.22. The summed E-state index contributed by atoms with van der Waals surface area (Å²) in [7, 11) is 2.04. The molecule has 2 heterocycles. The smallest absolute Gasteiger partial charge is 0.186 e. The number of thiazole rings is 1. The summed E-state index contributed by atoms with van der Waals surface area (Å²) in [5.74, 6) is 0.0977. The summed E-state index contributed by atoms with van der Waals surface area (Å²) >= 11 is 3.26. The Labute approximate surface area is 121 Å². The van der Waals surface area contributed by atoms with Crippen molar-refractivity contribution in [1.82, 2.24) is 4.98 Å². The van der Waals surface area contributed by atoms with E-state index in [-0.39, 0.29) is 5.78 Å². The number of likely N-dealkylation sites (N-methyl/N-ethyl adjacent to an activating group) is 1. The Balaban J connectivity index is 2.12. The number of nitrogens with zero attached hydrogens (tertiary/aromatic N) is 2. The van der Waals surface area contributed by atoms with Crippen LogP contribution in [0.5, 0.6) is 0 Å². The summed E-state index contributed by atoms with van der Waals surface area (Å²) < 4.78 is 0. The summed E-state index contributed by atoms with van der Waals surface area (Å²) in [5.41, 5.74) is 0.836. The van der Waals surface area contributed by atoms with E-state index >= 15 is 0 Å². The average Bonchev–Trinajstić information content (AvgIpc) is 2.97. The van der Waals surface area contributed by atoms with Crippen LogP contribution in [0.25, 0.3) is 0 Å². The number of ketones is 1. The van der Waals surface area contributed by atoms with Crippen LogP contribution >= 0.6 is 22.7 Å². The average molecular weight is 294 g/mol. The molecule has 0 saturated heterocycles. The molecule has 0 spiro atoms. The Morgan fingerprint density at radius 3 is 2.79 bits per heavy atom. The number of aryl methyl sites for hydroxylation is 1. The fraction of sp³-hybridized carbons (Fsp3) is 0.429. The van der Waals surface area contributed by atoms with Crippen molar-refractivity contribution in [1.29, 1.82) is 0 Å². The molecule has 19 heavy (non-hydrogen) atoms. The zero-order chi connectivity index (χ0) is 14.0. The zero-order valence-electron chi connectivity index (χ0n) is 11.6. The minimum absolute atomic E-state index is 0.0977. The molecule has 1 atom stereocenters. The molecule has 0 aliphatic heterocycles. The van der Waals surface area contributed by atoms with Gasteiger partial charge in [0.2, 0.25) is 0 Å². The van der Waals surface area contributed by atoms with E-state index in [1.54, 1.807) is 18.3 Å². The lowest BCUT2D eigenvalue weighted by Gasteiger charge is -2.23. The van der Waals surface area contributed by atoms with Gasteiger partial charge in [-0.15, -0.1) is 11.3 Å². The van der Waals surface area contributed by atoms with Gasteiger partial charge in [-0.3, -0.25) is 4.79 Å². The first-order valence-corrected chi connectivity index (χ1v) is 7.92. The molecule has 102 valence electrons. The van der Waals surface area contributed by atoms with Gasteiger partial charge in [-0.1, -0.05) is 17.4 Å². The molecule has 0 fully saturated rings. The van der Waals surface area contributed by atoms with Gasteiger partial charge in [0.15, 0.2) is 10.9 Å². The number of carbonyl (C=O) groups is 1. The van der Waals surface area contributed by atoms with Crippen LogP contribution in [0, 0.1) is 6.92 Å². The molecule has 1 unspecified atom stereocenters. The molecule has 0 radical (unpaired) electrons. The van der Waals surface area contributed by atoms with E-state index in [9.17, 15) is 4.79 Å². The van der Waals surface area contributed by atoms with Crippen LogP contribution in [0.3, 0.4) is 0 Å². The van der Waals surface area contributed by atoms with Crippen LogP contribution in [0.4, 0.5) is 5.13 Å². The molecule has 0 saturated carbocycles. The molecule has 0 aromatic carbocycles.